The summed E-state index contributed by atoms with van der Waals surface area (Å²) in [5.74, 6) is -0.270. The Labute approximate surface area is 151 Å². The maximum atomic E-state index is 12.9. The number of halogens is 1. The molecule has 0 fully saturated rings. The third-order valence-electron chi connectivity index (χ3n) is 3.88. The first-order chi connectivity index (χ1) is 12.3. The number of sulfonamides is 1. The van der Waals surface area contributed by atoms with Gasteiger partial charge in [-0.3, -0.25) is 9.82 Å². The van der Waals surface area contributed by atoms with E-state index in [1.165, 1.54) is 12.1 Å². The summed E-state index contributed by atoms with van der Waals surface area (Å²) in [6.07, 6.45) is 0. The van der Waals surface area contributed by atoms with Crippen LogP contribution in [0.2, 0.25) is 0 Å². The highest BCUT2D eigenvalue weighted by molar-refractivity contribution is 7.92. The van der Waals surface area contributed by atoms with Crippen LogP contribution >= 0.6 is 0 Å². The number of aryl methyl sites for hydroxylation is 2. The van der Waals surface area contributed by atoms with Crippen LogP contribution in [-0.4, -0.2) is 18.6 Å². The van der Waals surface area contributed by atoms with E-state index in [1.807, 2.05) is 0 Å². The van der Waals surface area contributed by atoms with E-state index in [2.05, 4.69) is 20.2 Å². The van der Waals surface area contributed by atoms with E-state index in [1.54, 1.807) is 50.2 Å². The number of anilines is 2. The molecule has 136 valence electrons. The van der Waals surface area contributed by atoms with E-state index >= 15 is 0 Å². The van der Waals surface area contributed by atoms with Crippen molar-refractivity contribution in [3.63, 3.8) is 0 Å². The molecule has 26 heavy (non-hydrogen) atoms. The molecule has 3 aromatic rings. The Hall–Kier alpha value is -2.87. The third kappa shape index (κ3) is 4.02. The average molecular weight is 374 g/mol. The zero-order valence-corrected chi connectivity index (χ0v) is 15.2. The molecule has 2 aromatic carbocycles. The SMILES string of the molecule is Cc1n[nH]c(C)c1S(=O)(=O)Nc1ccc(NCc2ccc(F)cc2)cc1. The highest BCUT2D eigenvalue weighted by atomic mass is 32.2. The van der Waals surface area contributed by atoms with E-state index in [-0.39, 0.29) is 10.7 Å². The summed E-state index contributed by atoms with van der Waals surface area (Å²) in [4.78, 5) is 0.163. The Morgan fingerprint density at radius 3 is 2.19 bits per heavy atom. The predicted octanol–water partition coefficient (Wildman–Crippen LogP) is 3.58. The van der Waals surface area contributed by atoms with Crippen LogP contribution < -0.4 is 10.0 Å². The number of H-pyrrole nitrogens is 1. The van der Waals surface area contributed by atoms with Gasteiger partial charge in [0, 0.05) is 17.9 Å². The molecule has 0 aliphatic carbocycles. The van der Waals surface area contributed by atoms with Gasteiger partial charge in [0.15, 0.2) is 0 Å². The molecule has 8 heteroatoms. The third-order valence-corrected chi connectivity index (χ3v) is 5.52. The van der Waals surface area contributed by atoms with Gasteiger partial charge in [-0.2, -0.15) is 5.10 Å². The molecule has 0 aliphatic heterocycles. The van der Waals surface area contributed by atoms with Gasteiger partial charge >= 0.3 is 0 Å². The van der Waals surface area contributed by atoms with Gasteiger partial charge in [0.05, 0.1) is 11.4 Å². The quantitative estimate of drug-likeness (QED) is 0.615. The van der Waals surface area contributed by atoms with Gasteiger partial charge in [0.25, 0.3) is 10.0 Å². The molecule has 0 bridgehead atoms. The fourth-order valence-electron chi connectivity index (χ4n) is 2.61. The lowest BCUT2D eigenvalue weighted by Crippen LogP contribution is -2.14. The molecule has 0 atom stereocenters. The van der Waals surface area contributed by atoms with Crippen molar-refractivity contribution < 1.29 is 12.8 Å². The van der Waals surface area contributed by atoms with Crippen LogP contribution in [0.15, 0.2) is 53.4 Å². The molecule has 3 rings (SSSR count). The van der Waals surface area contributed by atoms with Gasteiger partial charge in [0.1, 0.15) is 10.7 Å². The molecule has 0 amide bonds. The zero-order chi connectivity index (χ0) is 18.7. The largest absolute Gasteiger partial charge is 0.381 e. The van der Waals surface area contributed by atoms with E-state index in [9.17, 15) is 12.8 Å². The normalized spacial score (nSPS) is 11.3. The predicted molar refractivity (Wildman–Crippen MR) is 99.0 cm³/mol. The van der Waals surface area contributed by atoms with Crippen molar-refractivity contribution in [1.82, 2.24) is 10.2 Å². The number of hydrogen-bond acceptors (Lipinski definition) is 4. The maximum absolute atomic E-state index is 12.9. The van der Waals surface area contributed by atoms with Crippen LogP contribution in [-0.2, 0) is 16.6 Å². The summed E-state index contributed by atoms with van der Waals surface area (Å²) in [6.45, 7) is 3.84. The first kappa shape index (κ1) is 17.9. The summed E-state index contributed by atoms with van der Waals surface area (Å²) in [5.41, 5.74) is 3.15. The van der Waals surface area contributed by atoms with Crippen molar-refractivity contribution in [2.45, 2.75) is 25.3 Å². The molecule has 6 nitrogen and oxygen atoms in total. The number of aromatic nitrogens is 2. The van der Waals surface area contributed by atoms with Crippen LogP contribution in [0.3, 0.4) is 0 Å². The molecule has 0 saturated carbocycles. The van der Waals surface area contributed by atoms with Gasteiger partial charge in [-0.1, -0.05) is 12.1 Å². The van der Waals surface area contributed by atoms with E-state index in [0.717, 1.165) is 11.3 Å². The fourth-order valence-corrected chi connectivity index (χ4v) is 4.04. The molecule has 0 aliphatic rings. The first-order valence-electron chi connectivity index (χ1n) is 7.98. The number of hydrogen-bond donors (Lipinski definition) is 3. The molecule has 0 saturated heterocycles. The Morgan fingerprint density at radius 1 is 1.00 bits per heavy atom. The van der Waals surface area contributed by atoms with Crippen molar-refractivity contribution in [2.24, 2.45) is 0 Å². The molecular weight excluding hydrogens is 355 g/mol. The van der Waals surface area contributed by atoms with Crippen LogP contribution in [0.25, 0.3) is 0 Å². The Morgan fingerprint density at radius 2 is 1.62 bits per heavy atom. The van der Waals surface area contributed by atoms with Crippen molar-refractivity contribution in [2.75, 3.05) is 10.0 Å². The number of aromatic amines is 1. The summed E-state index contributed by atoms with van der Waals surface area (Å²) >= 11 is 0. The van der Waals surface area contributed by atoms with E-state index in [0.29, 0.717) is 23.6 Å². The highest BCUT2D eigenvalue weighted by Crippen LogP contribution is 2.22. The summed E-state index contributed by atoms with van der Waals surface area (Å²) in [5, 5.41) is 9.79. The second-order valence-corrected chi connectivity index (χ2v) is 7.55. The minimum atomic E-state index is -3.70. The molecule has 1 aromatic heterocycles. The molecular formula is C18H19FN4O2S. The number of rotatable bonds is 6. The van der Waals surface area contributed by atoms with Gasteiger partial charge in [-0.15, -0.1) is 0 Å². The summed E-state index contributed by atoms with van der Waals surface area (Å²) < 4.78 is 40.5. The molecule has 0 radical (unpaired) electrons. The van der Waals surface area contributed by atoms with Gasteiger partial charge < -0.3 is 5.32 Å². The van der Waals surface area contributed by atoms with Crippen LogP contribution in [0.1, 0.15) is 17.0 Å². The van der Waals surface area contributed by atoms with Gasteiger partial charge in [-0.05, 0) is 55.8 Å². The van der Waals surface area contributed by atoms with Crippen LogP contribution in [0.5, 0.6) is 0 Å². The Bertz CT molecular complexity index is 977. The average Bonchev–Trinajstić information content (AvgIpc) is 2.95. The van der Waals surface area contributed by atoms with Crippen molar-refractivity contribution >= 4 is 21.4 Å². The summed E-state index contributed by atoms with van der Waals surface area (Å²) in [7, 11) is -3.70. The molecule has 1 heterocycles. The minimum absolute atomic E-state index is 0.163. The Balaban J connectivity index is 1.67. The standard InChI is InChI=1S/C18H19FN4O2S/c1-12-18(13(2)22-21-12)26(24,25)23-17-9-7-16(8-10-17)20-11-14-3-5-15(19)6-4-14/h3-10,20,23H,11H2,1-2H3,(H,21,22). The van der Waals surface area contributed by atoms with Crippen molar-refractivity contribution in [3.8, 4) is 0 Å². The number of nitrogens with one attached hydrogen (secondary N) is 3. The lowest BCUT2D eigenvalue weighted by molar-refractivity contribution is 0.600. The van der Waals surface area contributed by atoms with E-state index in [4.69, 9.17) is 0 Å². The van der Waals surface area contributed by atoms with Crippen molar-refractivity contribution in [3.05, 3.63) is 71.3 Å². The maximum Gasteiger partial charge on any atom is 0.265 e. The number of benzene rings is 2. The molecule has 3 N–H and O–H groups in total. The zero-order valence-electron chi connectivity index (χ0n) is 14.4. The van der Waals surface area contributed by atoms with E-state index < -0.39 is 10.0 Å². The minimum Gasteiger partial charge on any atom is -0.381 e. The fraction of sp³-hybridized carbons (Fsp3) is 0.167. The topological polar surface area (TPSA) is 86.9 Å². The second kappa shape index (κ2) is 7.17. The Kier molecular flexibility index (Phi) is 4.94. The highest BCUT2D eigenvalue weighted by Gasteiger charge is 2.22. The second-order valence-electron chi connectivity index (χ2n) is 5.93. The monoisotopic (exact) mass is 374 g/mol. The smallest absolute Gasteiger partial charge is 0.265 e. The summed E-state index contributed by atoms with van der Waals surface area (Å²) in [6, 6.07) is 13.1. The molecule has 0 spiro atoms. The van der Waals surface area contributed by atoms with Gasteiger partial charge in [0.2, 0.25) is 0 Å². The van der Waals surface area contributed by atoms with Gasteiger partial charge in [-0.25, -0.2) is 12.8 Å². The van der Waals surface area contributed by atoms with Crippen LogP contribution in [0, 0.1) is 19.7 Å². The lowest BCUT2D eigenvalue weighted by Gasteiger charge is -2.10. The van der Waals surface area contributed by atoms with Crippen molar-refractivity contribution in [1.29, 1.82) is 0 Å². The molecule has 0 unspecified atom stereocenters. The van der Waals surface area contributed by atoms with Crippen LogP contribution in [0.4, 0.5) is 15.8 Å². The number of nitrogens with zero attached hydrogens (tertiary/aromatic N) is 1. The lowest BCUT2D eigenvalue weighted by atomic mass is 10.2. The first-order valence-corrected chi connectivity index (χ1v) is 9.46.